The van der Waals surface area contributed by atoms with Gasteiger partial charge in [-0.25, -0.2) is 9.67 Å². The second-order valence-electron chi connectivity index (χ2n) is 8.34. The number of aryl methyl sites for hydroxylation is 4. The van der Waals surface area contributed by atoms with Crippen LogP contribution in [0.5, 0.6) is 0 Å². The Kier molecular flexibility index (Phi) is 6.21. The molecule has 0 saturated heterocycles. The molecule has 3 aromatic heterocycles. The standard InChI is InChI=1S/C25H29N5O2S/c1-7-28(8-2)22(31)13-19-14-33-25-26-18(6)23(24(32)29(19)25)20-12-17(5)30(27-20)21-10-9-15(3)11-16(21)4/h9-12,14H,7-8,13H2,1-6H3. The van der Waals surface area contributed by atoms with E-state index in [0.29, 0.717) is 40.7 Å². The van der Waals surface area contributed by atoms with Gasteiger partial charge < -0.3 is 4.90 Å². The normalized spacial score (nSPS) is 11.3. The SMILES string of the molecule is CCN(CC)C(=O)Cc1csc2nc(C)c(-c3cc(C)n(-c4ccc(C)cc4C)n3)c(=O)n12. The molecule has 0 fully saturated rings. The number of hydrogen-bond donors (Lipinski definition) is 0. The molecule has 8 heteroatoms. The minimum absolute atomic E-state index is 0.00342. The van der Waals surface area contributed by atoms with Crippen LogP contribution in [0.4, 0.5) is 0 Å². The summed E-state index contributed by atoms with van der Waals surface area (Å²) < 4.78 is 3.44. The smallest absolute Gasteiger partial charge is 0.268 e. The van der Waals surface area contributed by atoms with Crippen LogP contribution < -0.4 is 5.56 Å². The number of benzene rings is 1. The Labute approximate surface area is 197 Å². The number of amides is 1. The molecule has 0 aliphatic heterocycles. The maximum Gasteiger partial charge on any atom is 0.268 e. The molecule has 0 unspecified atom stereocenters. The molecule has 0 spiro atoms. The number of nitrogens with zero attached hydrogens (tertiary/aromatic N) is 5. The van der Waals surface area contributed by atoms with Crippen molar-refractivity contribution in [1.29, 1.82) is 0 Å². The summed E-state index contributed by atoms with van der Waals surface area (Å²) >= 11 is 1.38. The second-order valence-corrected chi connectivity index (χ2v) is 9.17. The van der Waals surface area contributed by atoms with E-state index in [9.17, 15) is 9.59 Å². The lowest BCUT2D eigenvalue weighted by atomic mass is 10.1. The Morgan fingerprint density at radius 1 is 1.09 bits per heavy atom. The summed E-state index contributed by atoms with van der Waals surface area (Å²) in [5.41, 5.74) is 6.38. The van der Waals surface area contributed by atoms with Gasteiger partial charge in [-0.3, -0.25) is 14.0 Å². The van der Waals surface area contributed by atoms with Crippen LogP contribution in [-0.2, 0) is 11.2 Å². The molecule has 1 aromatic carbocycles. The lowest BCUT2D eigenvalue weighted by Gasteiger charge is -2.18. The third-order valence-corrected chi connectivity index (χ3v) is 6.87. The summed E-state index contributed by atoms with van der Waals surface area (Å²) in [6, 6.07) is 8.14. The van der Waals surface area contributed by atoms with Gasteiger partial charge in [-0.15, -0.1) is 11.3 Å². The lowest BCUT2D eigenvalue weighted by molar-refractivity contribution is -0.130. The maximum absolute atomic E-state index is 13.6. The summed E-state index contributed by atoms with van der Waals surface area (Å²) in [7, 11) is 0. The van der Waals surface area contributed by atoms with Crippen LogP contribution in [0.15, 0.2) is 34.4 Å². The zero-order valence-corrected chi connectivity index (χ0v) is 20.8. The van der Waals surface area contributed by atoms with Gasteiger partial charge in [-0.2, -0.15) is 5.10 Å². The molecule has 0 bridgehead atoms. The third-order valence-electron chi connectivity index (χ3n) is 5.99. The molecule has 0 saturated carbocycles. The molecule has 0 atom stereocenters. The lowest BCUT2D eigenvalue weighted by Crippen LogP contribution is -2.32. The first-order valence-corrected chi connectivity index (χ1v) is 12.0. The van der Waals surface area contributed by atoms with Crippen molar-refractivity contribution in [2.45, 2.75) is 48.0 Å². The predicted octanol–water partition coefficient (Wildman–Crippen LogP) is 4.25. The van der Waals surface area contributed by atoms with E-state index in [4.69, 9.17) is 5.10 Å². The van der Waals surface area contributed by atoms with Gasteiger partial charge in [0, 0.05) is 29.9 Å². The van der Waals surface area contributed by atoms with Crippen molar-refractivity contribution in [1.82, 2.24) is 24.1 Å². The number of carbonyl (C=O) groups is 1. The number of aromatic nitrogens is 4. The van der Waals surface area contributed by atoms with Crippen molar-refractivity contribution >= 4 is 22.2 Å². The summed E-state index contributed by atoms with van der Waals surface area (Å²) in [4.78, 5) is 33.4. The van der Waals surface area contributed by atoms with Crippen molar-refractivity contribution in [3.63, 3.8) is 0 Å². The summed E-state index contributed by atoms with van der Waals surface area (Å²) in [5, 5.41) is 6.65. The number of hydrogen-bond acceptors (Lipinski definition) is 5. The average molecular weight is 464 g/mol. The number of carbonyl (C=O) groups excluding carboxylic acids is 1. The van der Waals surface area contributed by atoms with E-state index in [0.717, 1.165) is 16.9 Å². The minimum atomic E-state index is -0.189. The zero-order valence-electron chi connectivity index (χ0n) is 20.0. The molecule has 0 aliphatic carbocycles. The van der Waals surface area contributed by atoms with Crippen LogP contribution in [0, 0.1) is 27.7 Å². The third kappa shape index (κ3) is 4.11. The summed E-state index contributed by atoms with van der Waals surface area (Å²) in [6.45, 7) is 13.1. The largest absolute Gasteiger partial charge is 0.343 e. The Bertz CT molecular complexity index is 1410. The molecule has 0 N–H and O–H groups in total. The van der Waals surface area contributed by atoms with E-state index in [2.05, 4.69) is 31.0 Å². The molecular weight excluding hydrogens is 434 g/mol. The van der Waals surface area contributed by atoms with E-state index >= 15 is 0 Å². The van der Waals surface area contributed by atoms with Crippen molar-refractivity contribution in [3.8, 4) is 16.9 Å². The van der Waals surface area contributed by atoms with E-state index in [1.165, 1.54) is 16.9 Å². The highest BCUT2D eigenvalue weighted by Gasteiger charge is 2.21. The maximum atomic E-state index is 13.6. The molecule has 4 aromatic rings. The van der Waals surface area contributed by atoms with Crippen LogP contribution in [-0.4, -0.2) is 43.1 Å². The molecule has 33 heavy (non-hydrogen) atoms. The molecule has 0 aliphatic rings. The Morgan fingerprint density at radius 3 is 2.48 bits per heavy atom. The van der Waals surface area contributed by atoms with Gasteiger partial charge in [0.2, 0.25) is 5.91 Å². The van der Waals surface area contributed by atoms with Gasteiger partial charge in [0.25, 0.3) is 5.56 Å². The fourth-order valence-electron chi connectivity index (χ4n) is 4.25. The van der Waals surface area contributed by atoms with E-state index in [1.807, 2.05) is 49.9 Å². The summed E-state index contributed by atoms with van der Waals surface area (Å²) in [5.74, 6) is 0.00342. The van der Waals surface area contributed by atoms with Crippen LogP contribution in [0.2, 0.25) is 0 Å². The Hall–Kier alpha value is -3.26. The first kappa shape index (κ1) is 22.9. The average Bonchev–Trinajstić information content (AvgIpc) is 3.32. The van der Waals surface area contributed by atoms with Gasteiger partial charge in [-0.1, -0.05) is 17.7 Å². The van der Waals surface area contributed by atoms with E-state index in [1.54, 1.807) is 9.30 Å². The highest BCUT2D eigenvalue weighted by molar-refractivity contribution is 7.15. The van der Waals surface area contributed by atoms with E-state index in [-0.39, 0.29) is 17.9 Å². The molecular formula is C25H29N5O2S. The topological polar surface area (TPSA) is 72.5 Å². The van der Waals surface area contributed by atoms with Crippen LogP contribution >= 0.6 is 11.3 Å². The zero-order chi connectivity index (χ0) is 23.9. The number of thiazole rings is 1. The van der Waals surface area contributed by atoms with Gasteiger partial charge >= 0.3 is 0 Å². The van der Waals surface area contributed by atoms with Crippen LogP contribution in [0.1, 0.15) is 42.1 Å². The fourth-order valence-corrected chi connectivity index (χ4v) is 5.18. The number of rotatable bonds is 6. The highest BCUT2D eigenvalue weighted by atomic mass is 32.1. The molecule has 3 heterocycles. The van der Waals surface area contributed by atoms with Crippen LogP contribution in [0.25, 0.3) is 21.9 Å². The molecule has 4 rings (SSSR count). The van der Waals surface area contributed by atoms with Gasteiger partial charge in [0.1, 0.15) is 5.69 Å². The summed E-state index contributed by atoms with van der Waals surface area (Å²) in [6.07, 6.45) is 0.168. The Balaban J connectivity index is 1.82. The predicted molar refractivity (Wildman–Crippen MR) is 132 cm³/mol. The molecule has 0 radical (unpaired) electrons. The molecule has 7 nitrogen and oxygen atoms in total. The second kappa shape index (κ2) is 8.94. The quantitative estimate of drug-likeness (QED) is 0.428. The van der Waals surface area contributed by atoms with Crippen molar-refractivity contribution in [2.75, 3.05) is 13.1 Å². The minimum Gasteiger partial charge on any atom is -0.343 e. The fraction of sp³-hybridized carbons (Fsp3) is 0.360. The van der Waals surface area contributed by atoms with E-state index < -0.39 is 0 Å². The number of likely N-dealkylation sites (N-methyl/N-ethyl adjacent to an activating group) is 1. The van der Waals surface area contributed by atoms with Crippen molar-refractivity contribution in [3.05, 3.63) is 68.2 Å². The van der Waals surface area contributed by atoms with Gasteiger partial charge in [0.15, 0.2) is 4.96 Å². The molecule has 1 amide bonds. The highest BCUT2D eigenvalue weighted by Crippen LogP contribution is 2.25. The Morgan fingerprint density at radius 2 is 1.82 bits per heavy atom. The van der Waals surface area contributed by atoms with Crippen molar-refractivity contribution < 1.29 is 4.79 Å². The van der Waals surface area contributed by atoms with Crippen LogP contribution in [0.3, 0.4) is 0 Å². The number of fused-ring (bicyclic) bond motifs is 1. The first-order chi connectivity index (χ1) is 15.7. The van der Waals surface area contributed by atoms with Gasteiger partial charge in [0.05, 0.1) is 23.4 Å². The van der Waals surface area contributed by atoms with Crippen molar-refractivity contribution in [2.24, 2.45) is 0 Å². The first-order valence-electron chi connectivity index (χ1n) is 11.2. The van der Waals surface area contributed by atoms with Gasteiger partial charge in [-0.05, 0) is 59.2 Å². The molecule has 172 valence electrons. The monoisotopic (exact) mass is 463 g/mol.